The van der Waals surface area contributed by atoms with E-state index in [1.54, 1.807) is 0 Å². The Morgan fingerprint density at radius 3 is 1.62 bits per heavy atom. The average molecular weight is 769 g/mol. The van der Waals surface area contributed by atoms with Crippen molar-refractivity contribution in [1.82, 2.24) is 4.57 Å². The summed E-state index contributed by atoms with van der Waals surface area (Å²) < 4.78 is 9.16. The van der Waals surface area contributed by atoms with E-state index in [1.807, 2.05) is 0 Å². The summed E-state index contributed by atoms with van der Waals surface area (Å²) in [5.41, 5.74) is 18.4. The van der Waals surface area contributed by atoms with Crippen LogP contribution in [0, 0.1) is 0 Å². The highest BCUT2D eigenvalue weighted by molar-refractivity contribution is 6.12. The molecule has 1 aliphatic rings. The molecule has 0 atom stereocenters. The molecule has 0 aliphatic heterocycles. The van der Waals surface area contributed by atoms with Gasteiger partial charge >= 0.3 is 0 Å². The number of hydrogen-bond acceptors (Lipinski definition) is 2. The van der Waals surface area contributed by atoms with Gasteiger partial charge in [0.15, 0.2) is 0 Å². The maximum Gasteiger partial charge on any atom is 0.143 e. The largest absolute Gasteiger partial charge is 0.455 e. The molecule has 0 N–H and O–H groups in total. The Morgan fingerprint density at radius 1 is 0.400 bits per heavy atom. The Labute approximate surface area is 349 Å². The lowest BCUT2D eigenvalue weighted by Crippen LogP contribution is -2.14. The normalized spacial score (nSPS) is 13.0. The van der Waals surface area contributed by atoms with E-state index in [1.165, 1.54) is 55.2 Å². The van der Waals surface area contributed by atoms with Crippen LogP contribution in [0.1, 0.15) is 25.0 Å². The SMILES string of the molecule is CC1(C)c2ccccc2-c2cc3oc4c(-c5ccc(N(c6ccc(-c7ccccc7)cc6)c6ccc(-n7c8ccccc8c8ccccc87)cc6)cc5)cccc4c3cc21. The fourth-order valence-electron chi connectivity index (χ4n) is 9.84. The fourth-order valence-corrected chi connectivity index (χ4v) is 9.84. The summed E-state index contributed by atoms with van der Waals surface area (Å²) in [4.78, 5) is 2.34. The third-order valence-electron chi connectivity index (χ3n) is 12.8. The molecule has 0 unspecified atom stereocenters. The summed E-state index contributed by atoms with van der Waals surface area (Å²) in [5, 5.41) is 4.82. The molecule has 2 aromatic heterocycles. The smallest absolute Gasteiger partial charge is 0.143 e. The van der Waals surface area contributed by atoms with Gasteiger partial charge in [0.05, 0.1) is 11.0 Å². The van der Waals surface area contributed by atoms with Gasteiger partial charge in [-0.25, -0.2) is 0 Å². The highest BCUT2D eigenvalue weighted by atomic mass is 16.3. The van der Waals surface area contributed by atoms with Crippen molar-refractivity contribution in [3.63, 3.8) is 0 Å². The third kappa shape index (κ3) is 5.22. The van der Waals surface area contributed by atoms with Crippen molar-refractivity contribution in [2.45, 2.75) is 19.3 Å². The lowest BCUT2D eigenvalue weighted by molar-refractivity contribution is 0.658. The molecule has 11 aromatic rings. The molecule has 0 bridgehead atoms. The minimum atomic E-state index is -0.0732. The van der Waals surface area contributed by atoms with Crippen molar-refractivity contribution in [3.8, 4) is 39.1 Å². The summed E-state index contributed by atoms with van der Waals surface area (Å²) in [7, 11) is 0. The van der Waals surface area contributed by atoms with Gasteiger partial charge in [-0.2, -0.15) is 0 Å². The van der Waals surface area contributed by atoms with Crippen molar-refractivity contribution in [1.29, 1.82) is 0 Å². The molecule has 284 valence electrons. The van der Waals surface area contributed by atoms with Crippen LogP contribution in [-0.2, 0) is 5.41 Å². The van der Waals surface area contributed by atoms with Crippen molar-refractivity contribution < 1.29 is 4.42 Å². The predicted molar refractivity (Wildman–Crippen MR) is 251 cm³/mol. The molecule has 3 nitrogen and oxygen atoms in total. The lowest BCUT2D eigenvalue weighted by atomic mass is 9.82. The first kappa shape index (κ1) is 34.4. The molecule has 12 rings (SSSR count). The molecule has 0 fully saturated rings. The summed E-state index contributed by atoms with van der Waals surface area (Å²) in [6.07, 6.45) is 0. The zero-order valence-electron chi connectivity index (χ0n) is 33.4. The molecule has 0 radical (unpaired) electrons. The van der Waals surface area contributed by atoms with E-state index in [-0.39, 0.29) is 5.41 Å². The Bertz CT molecular complexity index is 3370. The van der Waals surface area contributed by atoms with E-state index in [4.69, 9.17) is 4.42 Å². The van der Waals surface area contributed by atoms with Gasteiger partial charge < -0.3 is 13.9 Å². The van der Waals surface area contributed by atoms with Crippen LogP contribution < -0.4 is 4.90 Å². The number of nitrogens with zero attached hydrogens (tertiary/aromatic N) is 2. The standard InChI is InChI=1S/C57H40N2O/c1-57(2)51-20-9-6-15-45(51)49-36-55-50(35-52(49)57)48-19-12-18-44(56(48)60-55)39-25-29-41(30-26-39)58(40-27-23-38(24-28-40)37-13-4-3-5-14-37)42-31-33-43(34-32-42)59-53-21-10-7-16-46(53)47-17-8-11-22-54(47)59/h3-36H,1-2H3. The first-order chi connectivity index (χ1) is 29.5. The molecule has 0 saturated heterocycles. The number of anilines is 3. The van der Waals surface area contributed by atoms with Crippen LogP contribution in [-0.4, -0.2) is 4.57 Å². The molecule has 2 heterocycles. The monoisotopic (exact) mass is 768 g/mol. The summed E-state index contributed by atoms with van der Waals surface area (Å²) in [6.45, 7) is 4.67. The minimum absolute atomic E-state index is 0.0732. The zero-order valence-corrected chi connectivity index (χ0v) is 33.4. The maximum atomic E-state index is 6.79. The van der Waals surface area contributed by atoms with Gasteiger partial charge in [-0.15, -0.1) is 0 Å². The average Bonchev–Trinajstić information content (AvgIpc) is 3.92. The highest BCUT2D eigenvalue weighted by Crippen LogP contribution is 2.51. The van der Waals surface area contributed by atoms with E-state index in [0.29, 0.717) is 0 Å². The van der Waals surface area contributed by atoms with Crippen LogP contribution in [0.15, 0.2) is 211 Å². The first-order valence-electron chi connectivity index (χ1n) is 20.8. The van der Waals surface area contributed by atoms with Crippen LogP contribution in [0.5, 0.6) is 0 Å². The van der Waals surface area contributed by atoms with E-state index in [2.05, 4.69) is 230 Å². The Hall–Kier alpha value is -7.62. The van der Waals surface area contributed by atoms with Gasteiger partial charge in [-0.1, -0.05) is 147 Å². The molecule has 3 heteroatoms. The summed E-state index contributed by atoms with van der Waals surface area (Å²) in [5.74, 6) is 0. The number of hydrogen-bond donors (Lipinski definition) is 0. The van der Waals surface area contributed by atoms with Crippen molar-refractivity contribution >= 4 is 60.8 Å². The van der Waals surface area contributed by atoms with Crippen LogP contribution in [0.25, 0.3) is 82.8 Å². The van der Waals surface area contributed by atoms with Gasteiger partial charge in [-0.05, 0) is 112 Å². The predicted octanol–water partition coefficient (Wildman–Crippen LogP) is 15.8. The van der Waals surface area contributed by atoms with Crippen molar-refractivity contribution in [3.05, 3.63) is 217 Å². The quantitative estimate of drug-likeness (QED) is 0.168. The number of furan rings is 1. The van der Waals surface area contributed by atoms with E-state index in [9.17, 15) is 0 Å². The second-order valence-electron chi connectivity index (χ2n) is 16.5. The molecule has 0 spiro atoms. The molecular formula is C57H40N2O. The van der Waals surface area contributed by atoms with Crippen LogP contribution in [0.2, 0.25) is 0 Å². The van der Waals surface area contributed by atoms with Crippen LogP contribution in [0.4, 0.5) is 17.1 Å². The summed E-state index contributed by atoms with van der Waals surface area (Å²) in [6, 6.07) is 74.6. The Kier molecular flexibility index (Phi) is 7.58. The second kappa shape index (κ2) is 13.2. The number of rotatable bonds is 6. The lowest BCUT2D eigenvalue weighted by Gasteiger charge is -2.26. The number of benzene rings is 9. The van der Waals surface area contributed by atoms with Gasteiger partial charge in [0, 0.05) is 55.3 Å². The second-order valence-corrected chi connectivity index (χ2v) is 16.5. The number of para-hydroxylation sites is 3. The van der Waals surface area contributed by atoms with Crippen LogP contribution in [0.3, 0.4) is 0 Å². The van der Waals surface area contributed by atoms with E-state index >= 15 is 0 Å². The molecule has 0 saturated carbocycles. The Morgan fingerprint density at radius 2 is 0.933 bits per heavy atom. The van der Waals surface area contributed by atoms with Crippen molar-refractivity contribution in [2.75, 3.05) is 4.90 Å². The first-order valence-corrected chi connectivity index (χ1v) is 20.8. The fraction of sp³-hybridized carbons (Fsp3) is 0.0526. The molecule has 60 heavy (non-hydrogen) atoms. The highest BCUT2D eigenvalue weighted by Gasteiger charge is 2.36. The van der Waals surface area contributed by atoms with Gasteiger partial charge in [0.2, 0.25) is 0 Å². The minimum Gasteiger partial charge on any atom is -0.455 e. The van der Waals surface area contributed by atoms with Gasteiger partial charge in [0.1, 0.15) is 11.2 Å². The van der Waals surface area contributed by atoms with Crippen molar-refractivity contribution in [2.24, 2.45) is 0 Å². The van der Waals surface area contributed by atoms with Gasteiger partial charge in [-0.3, -0.25) is 0 Å². The summed E-state index contributed by atoms with van der Waals surface area (Å²) >= 11 is 0. The zero-order chi connectivity index (χ0) is 40.0. The number of fused-ring (bicyclic) bond motifs is 9. The van der Waals surface area contributed by atoms with E-state index < -0.39 is 0 Å². The van der Waals surface area contributed by atoms with Gasteiger partial charge in [0.25, 0.3) is 0 Å². The molecule has 9 aromatic carbocycles. The maximum absolute atomic E-state index is 6.79. The third-order valence-corrected chi connectivity index (χ3v) is 12.8. The van der Waals surface area contributed by atoms with E-state index in [0.717, 1.165) is 55.8 Å². The molecule has 1 aliphatic carbocycles. The molecular weight excluding hydrogens is 729 g/mol. The Balaban J connectivity index is 0.949. The topological polar surface area (TPSA) is 21.3 Å². The van der Waals surface area contributed by atoms with Crippen LogP contribution >= 0.6 is 0 Å². The number of aromatic nitrogens is 1. The molecule has 0 amide bonds.